The molecule has 78 valence electrons. The quantitative estimate of drug-likeness (QED) is 0.592. The Morgan fingerprint density at radius 3 is 2.50 bits per heavy atom. The van der Waals surface area contributed by atoms with Crippen LogP contribution in [0.1, 0.15) is 19.5 Å². The van der Waals surface area contributed by atoms with Gasteiger partial charge in [-0.2, -0.15) is 0 Å². The van der Waals surface area contributed by atoms with Crippen molar-refractivity contribution in [2.24, 2.45) is 0 Å². The van der Waals surface area contributed by atoms with Gasteiger partial charge in [0.2, 0.25) is 5.95 Å². The Bertz CT molecular complexity index is 325. The molecule has 0 radical (unpaired) electrons. The third-order valence-corrected chi connectivity index (χ3v) is 2.66. The molecule has 1 aromatic heterocycles. The number of nitrogens with one attached hydrogen (secondary N) is 1. The van der Waals surface area contributed by atoms with Gasteiger partial charge in [-0.15, -0.1) is 11.8 Å². The van der Waals surface area contributed by atoms with Gasteiger partial charge in [-0.1, -0.05) is 13.8 Å². The van der Waals surface area contributed by atoms with Gasteiger partial charge in [0, 0.05) is 12.3 Å². The molecule has 0 aliphatic heterocycles. The molecule has 14 heavy (non-hydrogen) atoms. The first-order valence-electron chi connectivity index (χ1n) is 4.53. The maximum Gasteiger partial charge on any atom is 0.221 e. The lowest BCUT2D eigenvalue weighted by molar-refractivity contribution is 1.01. The molecule has 0 saturated carbocycles. The fourth-order valence-electron chi connectivity index (χ4n) is 1.16. The van der Waals surface area contributed by atoms with E-state index in [9.17, 15) is 0 Å². The van der Waals surface area contributed by atoms with Crippen molar-refractivity contribution < 1.29 is 0 Å². The average molecular weight is 212 g/mol. The number of rotatable bonds is 3. The van der Waals surface area contributed by atoms with Crippen LogP contribution in [0.2, 0.25) is 0 Å². The SMILES string of the molecule is CNc1c(C)nc(N)nc1SC(C)C. The summed E-state index contributed by atoms with van der Waals surface area (Å²) in [6.45, 7) is 6.17. The Morgan fingerprint density at radius 2 is 2.00 bits per heavy atom. The zero-order valence-corrected chi connectivity index (χ0v) is 9.77. The van der Waals surface area contributed by atoms with Crippen LogP contribution in [-0.4, -0.2) is 22.3 Å². The van der Waals surface area contributed by atoms with Crippen LogP contribution in [0.3, 0.4) is 0 Å². The highest BCUT2D eigenvalue weighted by Gasteiger charge is 2.10. The molecule has 0 aliphatic rings. The Kier molecular flexibility index (Phi) is 3.57. The van der Waals surface area contributed by atoms with Crippen LogP contribution in [0.4, 0.5) is 11.6 Å². The molecule has 5 heteroatoms. The summed E-state index contributed by atoms with van der Waals surface area (Å²) >= 11 is 1.68. The molecule has 0 aromatic carbocycles. The number of hydrogen-bond acceptors (Lipinski definition) is 5. The summed E-state index contributed by atoms with van der Waals surface area (Å²) in [5, 5.41) is 4.50. The highest BCUT2D eigenvalue weighted by atomic mass is 32.2. The molecule has 0 unspecified atom stereocenters. The summed E-state index contributed by atoms with van der Waals surface area (Å²) in [7, 11) is 1.87. The molecular weight excluding hydrogens is 196 g/mol. The maximum absolute atomic E-state index is 5.60. The van der Waals surface area contributed by atoms with Crippen molar-refractivity contribution in [1.82, 2.24) is 9.97 Å². The van der Waals surface area contributed by atoms with E-state index in [2.05, 4.69) is 29.1 Å². The van der Waals surface area contributed by atoms with Gasteiger partial charge >= 0.3 is 0 Å². The summed E-state index contributed by atoms with van der Waals surface area (Å²) in [4.78, 5) is 8.32. The van der Waals surface area contributed by atoms with Crippen LogP contribution in [0, 0.1) is 6.92 Å². The zero-order valence-electron chi connectivity index (χ0n) is 8.96. The van der Waals surface area contributed by atoms with Crippen LogP contribution in [0.25, 0.3) is 0 Å². The molecule has 3 N–H and O–H groups in total. The van der Waals surface area contributed by atoms with E-state index in [1.54, 1.807) is 11.8 Å². The van der Waals surface area contributed by atoms with E-state index < -0.39 is 0 Å². The Morgan fingerprint density at radius 1 is 1.36 bits per heavy atom. The fraction of sp³-hybridized carbons (Fsp3) is 0.556. The third-order valence-electron chi connectivity index (χ3n) is 1.67. The monoisotopic (exact) mass is 212 g/mol. The highest BCUT2D eigenvalue weighted by molar-refractivity contribution is 8.00. The molecular formula is C9H16N4S. The van der Waals surface area contributed by atoms with Crippen LogP contribution < -0.4 is 11.1 Å². The summed E-state index contributed by atoms with van der Waals surface area (Å²) in [5.74, 6) is 0.338. The minimum atomic E-state index is 0.338. The smallest absolute Gasteiger partial charge is 0.221 e. The number of hydrogen-bond donors (Lipinski definition) is 2. The largest absolute Gasteiger partial charge is 0.384 e. The van der Waals surface area contributed by atoms with Crippen molar-refractivity contribution >= 4 is 23.4 Å². The molecule has 1 aromatic rings. The minimum absolute atomic E-state index is 0.338. The first-order valence-corrected chi connectivity index (χ1v) is 5.41. The highest BCUT2D eigenvalue weighted by Crippen LogP contribution is 2.30. The number of thioether (sulfide) groups is 1. The number of nitrogen functional groups attached to an aromatic ring is 1. The van der Waals surface area contributed by atoms with Gasteiger partial charge in [0.25, 0.3) is 0 Å². The van der Waals surface area contributed by atoms with Crippen molar-refractivity contribution in [3.63, 3.8) is 0 Å². The molecule has 0 saturated heterocycles. The maximum atomic E-state index is 5.60. The average Bonchev–Trinajstić information content (AvgIpc) is 2.01. The normalized spacial score (nSPS) is 10.6. The van der Waals surface area contributed by atoms with Gasteiger partial charge in [-0.3, -0.25) is 0 Å². The number of nitrogens with zero attached hydrogens (tertiary/aromatic N) is 2. The molecule has 1 heterocycles. The molecule has 0 aliphatic carbocycles. The van der Waals surface area contributed by atoms with Gasteiger partial charge in [0.1, 0.15) is 5.03 Å². The second kappa shape index (κ2) is 4.50. The van der Waals surface area contributed by atoms with Crippen LogP contribution >= 0.6 is 11.8 Å². The lowest BCUT2D eigenvalue weighted by Crippen LogP contribution is -2.05. The van der Waals surface area contributed by atoms with E-state index in [0.717, 1.165) is 16.4 Å². The van der Waals surface area contributed by atoms with E-state index in [1.807, 2.05) is 14.0 Å². The fourth-order valence-corrected chi connectivity index (χ4v) is 2.12. The third kappa shape index (κ3) is 2.51. The lowest BCUT2D eigenvalue weighted by Gasteiger charge is -2.12. The molecule has 0 amide bonds. The van der Waals surface area contributed by atoms with Crippen molar-refractivity contribution in [3.8, 4) is 0 Å². The lowest BCUT2D eigenvalue weighted by atomic mass is 10.4. The predicted molar refractivity (Wildman–Crippen MR) is 61.7 cm³/mol. The zero-order chi connectivity index (χ0) is 10.7. The van der Waals surface area contributed by atoms with Crippen molar-refractivity contribution in [3.05, 3.63) is 5.69 Å². The summed E-state index contributed by atoms with van der Waals surface area (Å²) < 4.78 is 0. The number of nitrogens with two attached hydrogens (primary N) is 1. The molecule has 4 nitrogen and oxygen atoms in total. The van der Waals surface area contributed by atoms with Crippen LogP contribution in [0.15, 0.2) is 5.03 Å². The van der Waals surface area contributed by atoms with Gasteiger partial charge < -0.3 is 11.1 Å². The molecule has 0 fully saturated rings. The standard InChI is InChI=1S/C9H16N4S/c1-5(2)14-8-7(11-4)6(3)12-9(10)13-8/h5,11H,1-4H3,(H2,10,12,13). The van der Waals surface area contributed by atoms with Crippen molar-refractivity contribution in [1.29, 1.82) is 0 Å². The molecule has 0 spiro atoms. The van der Waals surface area contributed by atoms with E-state index in [1.165, 1.54) is 0 Å². The Hall–Kier alpha value is -0.970. The summed E-state index contributed by atoms with van der Waals surface area (Å²) in [6, 6.07) is 0. The number of aromatic nitrogens is 2. The second-order valence-corrected chi connectivity index (χ2v) is 4.83. The topological polar surface area (TPSA) is 63.8 Å². The minimum Gasteiger partial charge on any atom is -0.384 e. The van der Waals surface area contributed by atoms with Gasteiger partial charge in [-0.05, 0) is 6.92 Å². The summed E-state index contributed by atoms with van der Waals surface area (Å²) in [5.41, 5.74) is 7.46. The second-order valence-electron chi connectivity index (χ2n) is 3.26. The van der Waals surface area contributed by atoms with Gasteiger partial charge in [0.15, 0.2) is 0 Å². The Labute approximate surface area is 88.7 Å². The van der Waals surface area contributed by atoms with Crippen molar-refractivity contribution in [2.75, 3.05) is 18.1 Å². The predicted octanol–water partition coefficient (Wildman–Crippen LogP) is 1.91. The molecule has 1 rings (SSSR count). The summed E-state index contributed by atoms with van der Waals surface area (Å²) in [6.07, 6.45) is 0. The first-order chi connectivity index (χ1) is 6.54. The van der Waals surface area contributed by atoms with Gasteiger partial charge in [-0.25, -0.2) is 9.97 Å². The van der Waals surface area contributed by atoms with E-state index in [4.69, 9.17) is 5.73 Å². The van der Waals surface area contributed by atoms with E-state index in [-0.39, 0.29) is 0 Å². The number of anilines is 2. The van der Waals surface area contributed by atoms with E-state index in [0.29, 0.717) is 11.2 Å². The van der Waals surface area contributed by atoms with Crippen LogP contribution in [-0.2, 0) is 0 Å². The van der Waals surface area contributed by atoms with Gasteiger partial charge in [0.05, 0.1) is 11.4 Å². The Balaban J connectivity index is 3.11. The van der Waals surface area contributed by atoms with E-state index >= 15 is 0 Å². The number of aryl methyl sites for hydroxylation is 1. The molecule has 0 atom stereocenters. The van der Waals surface area contributed by atoms with Crippen LogP contribution in [0.5, 0.6) is 0 Å². The first kappa shape index (κ1) is 11.1. The molecule has 0 bridgehead atoms. The van der Waals surface area contributed by atoms with Crippen molar-refractivity contribution in [2.45, 2.75) is 31.0 Å².